The van der Waals surface area contributed by atoms with Gasteiger partial charge in [0.2, 0.25) is 20.0 Å². The number of rotatable bonds is 2. The predicted octanol–water partition coefficient (Wildman–Crippen LogP) is -0.981. The minimum absolute atomic E-state index is 0. The third kappa shape index (κ3) is 4.53. The third-order valence-electron chi connectivity index (χ3n) is 0.567. The summed E-state index contributed by atoms with van der Waals surface area (Å²) >= 11 is 0. The number of sulfonamides is 2. The molecule has 0 aromatic carbocycles. The molecule has 0 aliphatic carbocycles. The standard InChI is InChI=1S/C2H7NO5S2.ClH/c1-9(5,6)3(4)10(2,7)8;/h4H,1-2H3;1H. The van der Waals surface area contributed by atoms with E-state index in [9.17, 15) is 16.8 Å². The van der Waals surface area contributed by atoms with Crippen molar-refractivity contribution in [3.63, 3.8) is 0 Å². The normalized spacial score (nSPS) is 12.7. The molecule has 0 amide bonds. The third-order valence-corrected chi connectivity index (χ3v) is 3.33. The molecule has 0 aromatic heterocycles. The first kappa shape index (κ1) is 13.7. The van der Waals surface area contributed by atoms with Gasteiger partial charge in [0.15, 0.2) is 0 Å². The smallest absolute Gasteiger partial charge is 0.246 e. The van der Waals surface area contributed by atoms with Crippen molar-refractivity contribution in [1.82, 2.24) is 3.87 Å². The van der Waals surface area contributed by atoms with Gasteiger partial charge in [-0.15, -0.1) is 12.4 Å². The lowest BCUT2D eigenvalue weighted by Crippen LogP contribution is -2.31. The second kappa shape index (κ2) is 3.68. The van der Waals surface area contributed by atoms with E-state index >= 15 is 0 Å². The molecule has 11 heavy (non-hydrogen) atoms. The number of hydrogen-bond donors (Lipinski definition) is 1. The molecule has 6 nitrogen and oxygen atoms in total. The van der Waals surface area contributed by atoms with E-state index < -0.39 is 23.9 Å². The molecule has 0 radical (unpaired) electrons. The average molecular weight is 226 g/mol. The fraction of sp³-hybridized carbons (Fsp3) is 1.00. The molecular formula is C2H8ClNO5S2. The van der Waals surface area contributed by atoms with Crippen molar-refractivity contribution in [3.05, 3.63) is 0 Å². The van der Waals surface area contributed by atoms with Crippen LogP contribution in [0.5, 0.6) is 0 Å². The first-order chi connectivity index (χ1) is 4.15. The summed E-state index contributed by atoms with van der Waals surface area (Å²) in [6.45, 7) is 0. The van der Waals surface area contributed by atoms with Crippen LogP contribution in [0.3, 0.4) is 0 Å². The molecule has 0 bridgehead atoms. The summed E-state index contributed by atoms with van der Waals surface area (Å²) in [4.78, 5) is 0. The molecule has 70 valence electrons. The van der Waals surface area contributed by atoms with Gasteiger partial charge in [-0.05, 0) is 0 Å². The monoisotopic (exact) mass is 225 g/mol. The van der Waals surface area contributed by atoms with E-state index in [4.69, 9.17) is 5.21 Å². The van der Waals surface area contributed by atoms with Crippen LogP contribution in [-0.4, -0.2) is 38.4 Å². The van der Waals surface area contributed by atoms with Crippen LogP contribution in [0.2, 0.25) is 0 Å². The first-order valence-corrected chi connectivity index (χ1v) is 5.74. The van der Waals surface area contributed by atoms with Crippen molar-refractivity contribution in [2.45, 2.75) is 0 Å². The summed E-state index contributed by atoms with van der Waals surface area (Å²) in [7, 11) is -8.12. The van der Waals surface area contributed by atoms with Crippen molar-refractivity contribution in [1.29, 1.82) is 0 Å². The highest BCUT2D eigenvalue weighted by Crippen LogP contribution is 1.98. The Morgan fingerprint density at radius 1 is 1.00 bits per heavy atom. The zero-order valence-electron chi connectivity index (χ0n) is 5.75. The molecule has 0 aromatic rings. The summed E-state index contributed by atoms with van der Waals surface area (Å²) in [5.41, 5.74) is 0. The lowest BCUT2D eigenvalue weighted by Gasteiger charge is -2.06. The van der Waals surface area contributed by atoms with Gasteiger partial charge in [0.05, 0.1) is 12.5 Å². The minimum atomic E-state index is -4.06. The maximum absolute atomic E-state index is 10.3. The molecule has 0 rings (SSSR count). The largest absolute Gasteiger partial charge is 0.286 e. The highest BCUT2D eigenvalue weighted by atomic mass is 35.5. The van der Waals surface area contributed by atoms with Crippen LogP contribution in [0, 0.1) is 0 Å². The quantitative estimate of drug-likeness (QED) is 0.610. The second-order valence-electron chi connectivity index (χ2n) is 1.70. The maximum Gasteiger partial charge on any atom is 0.246 e. The van der Waals surface area contributed by atoms with Crippen molar-refractivity contribution >= 4 is 32.5 Å². The molecule has 1 N–H and O–H groups in total. The molecule has 9 heteroatoms. The van der Waals surface area contributed by atoms with Crippen LogP contribution in [-0.2, 0) is 20.0 Å². The molecule has 0 heterocycles. The highest BCUT2D eigenvalue weighted by Gasteiger charge is 2.23. The van der Waals surface area contributed by atoms with E-state index in [2.05, 4.69) is 0 Å². The summed E-state index contributed by atoms with van der Waals surface area (Å²) < 4.78 is 40.4. The Morgan fingerprint density at radius 2 is 1.18 bits per heavy atom. The fourth-order valence-electron chi connectivity index (χ4n) is 0.246. The molecular weight excluding hydrogens is 218 g/mol. The molecule has 0 fully saturated rings. The van der Waals surface area contributed by atoms with E-state index in [1.807, 2.05) is 0 Å². The molecule has 0 atom stereocenters. The number of hydrogen-bond acceptors (Lipinski definition) is 5. The van der Waals surface area contributed by atoms with Gasteiger partial charge in [0, 0.05) is 3.87 Å². The summed E-state index contributed by atoms with van der Waals surface area (Å²) in [6.07, 6.45) is 1.15. The fourth-order valence-corrected chi connectivity index (χ4v) is 2.21. The summed E-state index contributed by atoms with van der Waals surface area (Å²) in [5.74, 6) is 0. The van der Waals surface area contributed by atoms with Crippen LogP contribution in [0.15, 0.2) is 0 Å². The van der Waals surface area contributed by atoms with E-state index in [0.29, 0.717) is 12.5 Å². The van der Waals surface area contributed by atoms with Gasteiger partial charge in [0.25, 0.3) is 0 Å². The van der Waals surface area contributed by atoms with Crippen molar-refractivity contribution in [2.24, 2.45) is 0 Å². The van der Waals surface area contributed by atoms with E-state index in [0.717, 1.165) is 0 Å². The molecule has 0 saturated carbocycles. The van der Waals surface area contributed by atoms with Gasteiger partial charge >= 0.3 is 0 Å². The summed E-state index contributed by atoms with van der Waals surface area (Å²) in [6, 6.07) is 0. The molecule has 0 aliphatic rings. The molecule has 0 aliphatic heterocycles. The second-order valence-corrected chi connectivity index (χ2v) is 5.56. The zero-order valence-corrected chi connectivity index (χ0v) is 8.20. The van der Waals surface area contributed by atoms with Gasteiger partial charge < -0.3 is 0 Å². The molecule has 0 saturated heterocycles. The van der Waals surface area contributed by atoms with Crippen LogP contribution < -0.4 is 0 Å². The van der Waals surface area contributed by atoms with Crippen LogP contribution >= 0.6 is 12.4 Å². The van der Waals surface area contributed by atoms with Gasteiger partial charge in [-0.2, -0.15) is 0 Å². The highest BCUT2D eigenvalue weighted by molar-refractivity contribution is 8.03. The Morgan fingerprint density at radius 3 is 1.18 bits per heavy atom. The average Bonchev–Trinajstić information content (AvgIpc) is 1.59. The Kier molecular flexibility index (Phi) is 4.57. The van der Waals surface area contributed by atoms with E-state index in [-0.39, 0.29) is 12.4 Å². The zero-order chi connectivity index (χ0) is 8.58. The topological polar surface area (TPSA) is 91.8 Å². The van der Waals surface area contributed by atoms with E-state index in [1.54, 1.807) is 0 Å². The maximum atomic E-state index is 10.3. The van der Waals surface area contributed by atoms with Gasteiger partial charge in [-0.25, -0.2) is 16.8 Å². The Bertz CT molecular complexity index is 271. The Labute approximate surface area is 71.3 Å². The lowest BCUT2D eigenvalue weighted by molar-refractivity contribution is 0.0963. The SMILES string of the molecule is CS(=O)(=O)N(O)S(C)(=O)=O.Cl. The number of nitrogens with zero attached hydrogens (tertiary/aromatic N) is 1. The van der Waals surface area contributed by atoms with Gasteiger partial charge in [-0.3, -0.25) is 5.21 Å². The van der Waals surface area contributed by atoms with Crippen LogP contribution in [0.4, 0.5) is 0 Å². The van der Waals surface area contributed by atoms with Crippen molar-refractivity contribution < 1.29 is 22.0 Å². The summed E-state index contributed by atoms with van der Waals surface area (Å²) in [5, 5.41) is 8.38. The number of halogens is 1. The first-order valence-electron chi connectivity index (χ1n) is 2.05. The van der Waals surface area contributed by atoms with Crippen molar-refractivity contribution in [3.8, 4) is 0 Å². The van der Waals surface area contributed by atoms with Gasteiger partial charge in [0.1, 0.15) is 0 Å². The van der Waals surface area contributed by atoms with Crippen molar-refractivity contribution in [2.75, 3.05) is 12.5 Å². The molecule has 0 unspecified atom stereocenters. The Balaban J connectivity index is 0. The predicted molar refractivity (Wildman–Crippen MR) is 40.6 cm³/mol. The lowest BCUT2D eigenvalue weighted by atomic mass is 12.0. The van der Waals surface area contributed by atoms with Crippen LogP contribution in [0.1, 0.15) is 0 Å². The van der Waals surface area contributed by atoms with E-state index in [1.165, 1.54) is 0 Å². The minimum Gasteiger partial charge on any atom is -0.286 e. The molecule has 0 spiro atoms. The Hall–Kier alpha value is 0.110. The van der Waals surface area contributed by atoms with Gasteiger partial charge in [-0.1, -0.05) is 0 Å². The van der Waals surface area contributed by atoms with Crippen LogP contribution in [0.25, 0.3) is 0 Å².